The summed E-state index contributed by atoms with van der Waals surface area (Å²) in [6, 6.07) is 11.2. The largest absolute Gasteiger partial charge is 0.495 e. The molecule has 2 aromatic rings. The molecule has 1 aliphatic heterocycles. The Labute approximate surface area is 206 Å². The molecule has 0 unspecified atom stereocenters. The van der Waals surface area contributed by atoms with Crippen molar-refractivity contribution in [3.05, 3.63) is 48.0 Å². The van der Waals surface area contributed by atoms with Crippen LogP contribution in [0.3, 0.4) is 0 Å². The number of nitrogens with zero attached hydrogens (tertiary/aromatic N) is 2. The second-order valence-corrected chi connectivity index (χ2v) is 12.3. The molecule has 1 saturated heterocycles. The van der Waals surface area contributed by atoms with Gasteiger partial charge < -0.3 is 14.8 Å². The van der Waals surface area contributed by atoms with Gasteiger partial charge in [0, 0.05) is 18.8 Å². The molecule has 0 aromatic heterocycles. The lowest BCUT2D eigenvalue weighted by Crippen LogP contribution is -2.40. The van der Waals surface area contributed by atoms with Gasteiger partial charge in [0.2, 0.25) is 26.0 Å². The SMILES string of the molecule is COc1ccc(NC(=O)CN(c2ccc(C(C)C)cc2)S(C)(=O)=O)cc1S(=O)(=O)N1CCOCC1. The Morgan fingerprint density at radius 2 is 1.71 bits per heavy atom. The van der Waals surface area contributed by atoms with Crippen molar-refractivity contribution in [2.24, 2.45) is 0 Å². The molecule has 0 radical (unpaired) electrons. The Balaban J connectivity index is 1.83. The molecule has 2 aromatic carbocycles. The molecule has 0 bridgehead atoms. The van der Waals surface area contributed by atoms with E-state index in [2.05, 4.69) is 5.32 Å². The van der Waals surface area contributed by atoms with Gasteiger partial charge in [0.1, 0.15) is 17.2 Å². The summed E-state index contributed by atoms with van der Waals surface area (Å²) in [5, 5.41) is 2.60. The molecule has 1 fully saturated rings. The molecule has 0 aliphatic carbocycles. The first-order valence-corrected chi connectivity index (χ1v) is 14.4. The number of nitrogens with one attached hydrogen (secondary N) is 1. The summed E-state index contributed by atoms with van der Waals surface area (Å²) in [4.78, 5) is 12.7. The number of hydrogen-bond donors (Lipinski definition) is 1. The Hall–Kier alpha value is -2.67. The van der Waals surface area contributed by atoms with Gasteiger partial charge in [-0.1, -0.05) is 26.0 Å². The van der Waals surface area contributed by atoms with Crippen molar-refractivity contribution in [1.29, 1.82) is 0 Å². The van der Waals surface area contributed by atoms with Crippen molar-refractivity contribution >= 4 is 37.3 Å². The standard InChI is InChI=1S/C23H31N3O7S2/c1-17(2)18-5-8-20(9-6-18)26(34(4,28)29)16-23(27)24-19-7-10-21(32-3)22(15-19)35(30,31)25-11-13-33-14-12-25/h5-10,15,17H,11-14,16H2,1-4H3,(H,24,27). The van der Waals surface area contributed by atoms with E-state index in [0.29, 0.717) is 5.69 Å². The van der Waals surface area contributed by atoms with Crippen molar-refractivity contribution in [1.82, 2.24) is 4.31 Å². The van der Waals surface area contributed by atoms with Gasteiger partial charge in [0.25, 0.3) is 0 Å². The maximum absolute atomic E-state index is 13.2. The first-order chi connectivity index (χ1) is 16.4. The molecule has 0 atom stereocenters. The average molecular weight is 526 g/mol. The van der Waals surface area contributed by atoms with Crippen LogP contribution in [0.1, 0.15) is 25.3 Å². The molecular formula is C23H31N3O7S2. The fraction of sp³-hybridized carbons (Fsp3) is 0.435. The number of amides is 1. The van der Waals surface area contributed by atoms with Crippen LogP contribution in [0.2, 0.25) is 0 Å². The van der Waals surface area contributed by atoms with Crippen LogP contribution in [-0.2, 0) is 29.6 Å². The predicted molar refractivity (Wildman–Crippen MR) is 134 cm³/mol. The van der Waals surface area contributed by atoms with Gasteiger partial charge in [-0.2, -0.15) is 4.31 Å². The zero-order valence-corrected chi connectivity index (χ0v) is 21.9. The van der Waals surface area contributed by atoms with E-state index >= 15 is 0 Å². The lowest BCUT2D eigenvalue weighted by molar-refractivity contribution is -0.114. The third-order valence-corrected chi connectivity index (χ3v) is 8.63. The summed E-state index contributed by atoms with van der Waals surface area (Å²) >= 11 is 0. The Morgan fingerprint density at radius 1 is 1.09 bits per heavy atom. The van der Waals surface area contributed by atoms with Crippen molar-refractivity contribution in [2.45, 2.75) is 24.7 Å². The van der Waals surface area contributed by atoms with Gasteiger partial charge in [-0.15, -0.1) is 0 Å². The van der Waals surface area contributed by atoms with Crippen molar-refractivity contribution in [2.75, 3.05) is 55.8 Å². The maximum Gasteiger partial charge on any atom is 0.246 e. The second-order valence-electron chi connectivity index (χ2n) is 8.45. The molecule has 1 aliphatic rings. The highest BCUT2D eigenvalue weighted by Crippen LogP contribution is 2.30. The van der Waals surface area contributed by atoms with E-state index < -0.39 is 32.5 Å². The van der Waals surface area contributed by atoms with E-state index in [1.165, 1.54) is 29.6 Å². The highest BCUT2D eigenvalue weighted by atomic mass is 32.2. The number of morpholine rings is 1. The third kappa shape index (κ3) is 6.51. The number of anilines is 2. The Bertz CT molecular complexity index is 1250. The van der Waals surface area contributed by atoms with Gasteiger partial charge >= 0.3 is 0 Å². The quantitative estimate of drug-likeness (QED) is 0.533. The fourth-order valence-electron chi connectivity index (χ4n) is 3.64. The zero-order chi connectivity index (χ0) is 25.8. The van der Waals surface area contributed by atoms with E-state index in [1.54, 1.807) is 12.1 Å². The smallest absolute Gasteiger partial charge is 0.246 e. The molecule has 0 saturated carbocycles. The normalized spacial score (nSPS) is 15.1. The van der Waals surface area contributed by atoms with Crippen LogP contribution in [0.4, 0.5) is 11.4 Å². The van der Waals surface area contributed by atoms with Gasteiger partial charge in [-0.3, -0.25) is 9.10 Å². The number of carbonyl (C=O) groups is 1. The van der Waals surface area contributed by atoms with Crippen LogP contribution in [0, 0.1) is 0 Å². The molecule has 12 heteroatoms. The minimum Gasteiger partial charge on any atom is -0.495 e. The fourth-order valence-corrected chi connectivity index (χ4v) is 6.08. The molecule has 0 spiro atoms. The van der Waals surface area contributed by atoms with E-state index in [0.717, 1.165) is 16.1 Å². The molecule has 3 rings (SSSR count). The number of benzene rings is 2. The van der Waals surface area contributed by atoms with E-state index in [1.807, 2.05) is 26.0 Å². The van der Waals surface area contributed by atoms with Gasteiger partial charge in [-0.05, 0) is 41.8 Å². The molecular weight excluding hydrogens is 494 g/mol. The maximum atomic E-state index is 13.2. The number of hydrogen-bond acceptors (Lipinski definition) is 7. The molecule has 192 valence electrons. The minimum absolute atomic E-state index is 0.0936. The number of carbonyl (C=O) groups excluding carboxylic acids is 1. The number of methoxy groups -OCH3 is 1. The first-order valence-electron chi connectivity index (χ1n) is 11.1. The van der Waals surface area contributed by atoms with Crippen LogP contribution in [0.25, 0.3) is 0 Å². The zero-order valence-electron chi connectivity index (χ0n) is 20.2. The number of rotatable bonds is 9. The lowest BCUT2D eigenvalue weighted by atomic mass is 10.0. The van der Waals surface area contributed by atoms with Crippen molar-refractivity contribution in [3.8, 4) is 5.75 Å². The molecule has 1 N–H and O–H groups in total. The highest BCUT2D eigenvalue weighted by Gasteiger charge is 2.30. The summed E-state index contributed by atoms with van der Waals surface area (Å²) < 4.78 is 63.9. The summed E-state index contributed by atoms with van der Waals surface area (Å²) in [7, 11) is -6.29. The van der Waals surface area contributed by atoms with Crippen molar-refractivity contribution < 1.29 is 31.1 Å². The summed E-state index contributed by atoms with van der Waals surface area (Å²) in [6.07, 6.45) is 1.02. The topological polar surface area (TPSA) is 122 Å². The van der Waals surface area contributed by atoms with Crippen LogP contribution in [0.5, 0.6) is 5.75 Å². The van der Waals surface area contributed by atoms with E-state index in [9.17, 15) is 21.6 Å². The molecule has 10 nitrogen and oxygen atoms in total. The van der Waals surface area contributed by atoms with E-state index in [4.69, 9.17) is 9.47 Å². The lowest BCUT2D eigenvalue weighted by Gasteiger charge is -2.27. The third-order valence-electron chi connectivity index (χ3n) is 5.57. The summed E-state index contributed by atoms with van der Waals surface area (Å²) in [6.45, 7) is 4.58. The van der Waals surface area contributed by atoms with Gasteiger partial charge in [0.15, 0.2) is 0 Å². The Kier molecular flexibility index (Phi) is 8.42. The van der Waals surface area contributed by atoms with Crippen molar-refractivity contribution in [3.63, 3.8) is 0 Å². The highest BCUT2D eigenvalue weighted by molar-refractivity contribution is 7.92. The summed E-state index contributed by atoms with van der Waals surface area (Å²) in [5.74, 6) is -0.210. The van der Waals surface area contributed by atoms with Gasteiger partial charge in [-0.25, -0.2) is 16.8 Å². The molecule has 1 amide bonds. The van der Waals surface area contributed by atoms with Crippen LogP contribution >= 0.6 is 0 Å². The minimum atomic E-state index is -3.89. The first kappa shape index (κ1) is 26.9. The molecule has 35 heavy (non-hydrogen) atoms. The monoisotopic (exact) mass is 525 g/mol. The number of sulfonamides is 2. The van der Waals surface area contributed by atoms with Gasteiger partial charge in [0.05, 0.1) is 32.3 Å². The average Bonchev–Trinajstić information content (AvgIpc) is 2.82. The summed E-state index contributed by atoms with van der Waals surface area (Å²) in [5.41, 5.74) is 1.60. The van der Waals surface area contributed by atoms with Crippen LogP contribution in [-0.4, -0.2) is 73.3 Å². The number of ether oxygens (including phenoxy) is 2. The molecule has 1 heterocycles. The van der Waals surface area contributed by atoms with Crippen LogP contribution < -0.4 is 14.4 Å². The van der Waals surface area contributed by atoms with Crippen LogP contribution in [0.15, 0.2) is 47.4 Å². The van der Waals surface area contributed by atoms with E-state index in [-0.39, 0.29) is 48.6 Å². The Morgan fingerprint density at radius 3 is 2.26 bits per heavy atom. The predicted octanol–water partition coefficient (Wildman–Crippen LogP) is 2.24. The second kappa shape index (κ2) is 10.9.